The number of carbonyl (C=O) groups excluding carboxylic acids is 2. The van der Waals surface area contributed by atoms with E-state index in [2.05, 4.69) is 11.4 Å². The summed E-state index contributed by atoms with van der Waals surface area (Å²) in [6.07, 6.45) is 0.117. The molecule has 1 N–H and O–H groups in total. The summed E-state index contributed by atoms with van der Waals surface area (Å²) >= 11 is 1.29. The number of nitriles is 1. The van der Waals surface area contributed by atoms with Gasteiger partial charge in [0.25, 0.3) is 5.91 Å². The molecule has 28 heavy (non-hydrogen) atoms. The molecule has 8 nitrogen and oxygen atoms in total. The third kappa shape index (κ3) is 3.46. The quantitative estimate of drug-likeness (QED) is 0.845. The van der Waals surface area contributed by atoms with E-state index < -0.39 is 12.0 Å². The minimum atomic E-state index is -0.413. The number of ether oxygens (including phenoxy) is 3. The lowest BCUT2D eigenvalue weighted by Gasteiger charge is -2.25. The Kier molecular flexibility index (Phi) is 5.70. The summed E-state index contributed by atoms with van der Waals surface area (Å²) in [6.45, 7) is 0.807. The molecule has 1 aliphatic heterocycles. The summed E-state index contributed by atoms with van der Waals surface area (Å²) < 4.78 is 15.3. The fraction of sp³-hybridized carbons (Fsp3) is 0.316. The predicted octanol–water partition coefficient (Wildman–Crippen LogP) is 3.01. The lowest BCUT2D eigenvalue weighted by Crippen LogP contribution is -2.35. The molecule has 0 radical (unpaired) electrons. The number of amides is 2. The van der Waals surface area contributed by atoms with Crippen LogP contribution in [0.3, 0.4) is 0 Å². The number of benzene rings is 1. The van der Waals surface area contributed by atoms with Crippen molar-refractivity contribution >= 4 is 28.3 Å². The molecule has 3 rings (SSSR count). The van der Waals surface area contributed by atoms with Gasteiger partial charge in [0.2, 0.25) is 0 Å². The minimum absolute atomic E-state index is 0.299. The van der Waals surface area contributed by atoms with Crippen molar-refractivity contribution in [3.63, 3.8) is 0 Å². The van der Waals surface area contributed by atoms with Gasteiger partial charge in [-0.05, 0) is 24.1 Å². The molecule has 2 amide bonds. The van der Waals surface area contributed by atoms with E-state index in [4.69, 9.17) is 14.2 Å². The van der Waals surface area contributed by atoms with Crippen LogP contribution >= 0.6 is 11.3 Å². The SMILES string of the molecule is COC(=O)N1CCc2c(sc(NC(=O)c3cccc(OC)c3OC)c2C#N)C1. The topological polar surface area (TPSA) is 101 Å². The molecule has 0 saturated heterocycles. The Morgan fingerprint density at radius 3 is 2.68 bits per heavy atom. The molecule has 9 heteroatoms. The van der Waals surface area contributed by atoms with Gasteiger partial charge >= 0.3 is 6.09 Å². The van der Waals surface area contributed by atoms with Gasteiger partial charge in [-0.25, -0.2) is 4.79 Å². The molecule has 0 aliphatic carbocycles. The Hall–Kier alpha value is -3.25. The molecule has 2 aromatic rings. The van der Waals surface area contributed by atoms with Gasteiger partial charge < -0.3 is 24.4 Å². The molecule has 0 spiro atoms. The molecule has 1 aromatic heterocycles. The first-order chi connectivity index (χ1) is 13.5. The van der Waals surface area contributed by atoms with Crippen molar-refractivity contribution in [2.75, 3.05) is 33.2 Å². The maximum Gasteiger partial charge on any atom is 0.409 e. The van der Waals surface area contributed by atoms with E-state index >= 15 is 0 Å². The van der Waals surface area contributed by atoms with Gasteiger partial charge in [0.15, 0.2) is 11.5 Å². The Bertz CT molecular complexity index is 963. The van der Waals surface area contributed by atoms with Crippen molar-refractivity contribution < 1.29 is 23.8 Å². The average Bonchev–Trinajstić information content (AvgIpc) is 3.08. The van der Waals surface area contributed by atoms with Gasteiger partial charge in [0, 0.05) is 11.4 Å². The first-order valence-electron chi connectivity index (χ1n) is 8.43. The van der Waals surface area contributed by atoms with E-state index in [1.54, 1.807) is 23.1 Å². The molecule has 0 bridgehead atoms. The van der Waals surface area contributed by atoms with E-state index in [0.29, 0.717) is 47.1 Å². The number of methoxy groups -OCH3 is 3. The summed E-state index contributed by atoms with van der Waals surface area (Å²) in [6, 6.07) is 7.18. The summed E-state index contributed by atoms with van der Waals surface area (Å²) in [5.74, 6) is 0.352. The fourth-order valence-corrected chi connectivity index (χ4v) is 4.34. The molecule has 2 heterocycles. The number of anilines is 1. The molecule has 1 aromatic carbocycles. The average molecular weight is 401 g/mol. The normalized spacial score (nSPS) is 12.6. The molecular weight excluding hydrogens is 382 g/mol. The second-order valence-electron chi connectivity index (χ2n) is 5.96. The predicted molar refractivity (Wildman–Crippen MR) is 103 cm³/mol. The van der Waals surface area contributed by atoms with E-state index in [1.807, 2.05) is 0 Å². The van der Waals surface area contributed by atoms with Crippen molar-refractivity contribution in [1.82, 2.24) is 4.90 Å². The first kappa shape index (κ1) is 19.5. The van der Waals surface area contributed by atoms with Gasteiger partial charge in [0.1, 0.15) is 11.1 Å². The zero-order valence-corrected chi connectivity index (χ0v) is 16.5. The Balaban J connectivity index is 1.90. The van der Waals surface area contributed by atoms with Crippen LogP contribution in [0.4, 0.5) is 9.80 Å². The smallest absolute Gasteiger partial charge is 0.409 e. The fourth-order valence-electron chi connectivity index (χ4n) is 3.13. The zero-order valence-electron chi connectivity index (χ0n) is 15.7. The molecule has 0 unspecified atom stereocenters. The number of thiophene rings is 1. The van der Waals surface area contributed by atoms with Crippen LogP contribution in [0.15, 0.2) is 18.2 Å². The third-order valence-corrected chi connectivity index (χ3v) is 5.61. The minimum Gasteiger partial charge on any atom is -0.493 e. The van der Waals surface area contributed by atoms with E-state index in [9.17, 15) is 14.9 Å². The highest BCUT2D eigenvalue weighted by molar-refractivity contribution is 7.16. The van der Waals surface area contributed by atoms with Crippen LogP contribution in [0.2, 0.25) is 0 Å². The van der Waals surface area contributed by atoms with Crippen LogP contribution < -0.4 is 14.8 Å². The number of nitrogens with zero attached hydrogens (tertiary/aromatic N) is 2. The molecule has 146 valence electrons. The zero-order chi connectivity index (χ0) is 20.3. The van der Waals surface area contributed by atoms with Gasteiger partial charge in [-0.15, -0.1) is 11.3 Å². The number of rotatable bonds is 4. The number of hydrogen-bond acceptors (Lipinski definition) is 7. The van der Waals surface area contributed by atoms with Crippen molar-refractivity contribution in [2.45, 2.75) is 13.0 Å². The van der Waals surface area contributed by atoms with E-state index in [-0.39, 0.29) is 0 Å². The van der Waals surface area contributed by atoms with Crippen LogP contribution in [0.5, 0.6) is 11.5 Å². The lowest BCUT2D eigenvalue weighted by molar-refractivity contribution is 0.102. The first-order valence-corrected chi connectivity index (χ1v) is 9.25. The largest absolute Gasteiger partial charge is 0.493 e. The molecule has 0 atom stereocenters. The van der Waals surface area contributed by atoms with Crippen molar-refractivity contribution in [3.8, 4) is 17.6 Å². The number of carbonyl (C=O) groups is 2. The van der Waals surface area contributed by atoms with Crippen LogP contribution in [-0.2, 0) is 17.7 Å². The monoisotopic (exact) mass is 401 g/mol. The van der Waals surface area contributed by atoms with E-state index in [0.717, 1.165) is 10.4 Å². The van der Waals surface area contributed by atoms with Crippen LogP contribution in [0, 0.1) is 11.3 Å². The maximum atomic E-state index is 12.8. The molecule has 1 aliphatic rings. The Morgan fingerprint density at radius 2 is 2.04 bits per heavy atom. The number of hydrogen-bond donors (Lipinski definition) is 1. The number of nitrogens with one attached hydrogen (secondary N) is 1. The van der Waals surface area contributed by atoms with Crippen molar-refractivity contribution in [1.29, 1.82) is 5.26 Å². The summed E-state index contributed by atoms with van der Waals surface area (Å²) in [4.78, 5) is 27.0. The number of fused-ring (bicyclic) bond motifs is 1. The van der Waals surface area contributed by atoms with Gasteiger partial charge in [0.05, 0.1) is 39.0 Å². The Labute approximate surface area is 166 Å². The lowest BCUT2D eigenvalue weighted by atomic mass is 10.0. The Morgan fingerprint density at radius 1 is 1.25 bits per heavy atom. The highest BCUT2D eigenvalue weighted by Gasteiger charge is 2.28. The molecule has 0 saturated carbocycles. The van der Waals surface area contributed by atoms with Gasteiger partial charge in [-0.3, -0.25) is 4.79 Å². The van der Waals surface area contributed by atoms with Gasteiger partial charge in [-0.2, -0.15) is 5.26 Å². The summed E-state index contributed by atoms with van der Waals surface area (Å²) in [5, 5.41) is 12.9. The second kappa shape index (κ2) is 8.19. The van der Waals surface area contributed by atoms with Crippen molar-refractivity contribution in [2.24, 2.45) is 0 Å². The molecular formula is C19H19N3O5S. The highest BCUT2D eigenvalue weighted by atomic mass is 32.1. The highest BCUT2D eigenvalue weighted by Crippen LogP contribution is 2.38. The summed E-state index contributed by atoms with van der Waals surface area (Å²) in [7, 11) is 4.29. The van der Waals surface area contributed by atoms with Crippen LogP contribution in [-0.4, -0.2) is 44.8 Å². The maximum absolute atomic E-state index is 12.8. The standard InChI is InChI=1S/C19H19N3O5S/c1-25-14-6-4-5-12(16(14)26-2)17(23)21-18-13(9-20)11-7-8-22(19(24)27-3)10-15(11)28-18/h4-6H,7-8,10H2,1-3H3,(H,21,23). The van der Waals surface area contributed by atoms with Gasteiger partial charge in [-0.1, -0.05) is 6.07 Å². The summed E-state index contributed by atoms with van der Waals surface area (Å²) in [5.41, 5.74) is 1.59. The third-order valence-electron chi connectivity index (χ3n) is 4.48. The van der Waals surface area contributed by atoms with Crippen molar-refractivity contribution in [3.05, 3.63) is 39.8 Å². The van der Waals surface area contributed by atoms with Crippen LogP contribution in [0.25, 0.3) is 0 Å². The van der Waals surface area contributed by atoms with Crippen LogP contribution in [0.1, 0.15) is 26.4 Å². The molecule has 0 fully saturated rings. The number of para-hydroxylation sites is 1. The second-order valence-corrected chi connectivity index (χ2v) is 7.06. The van der Waals surface area contributed by atoms with E-state index in [1.165, 1.54) is 32.7 Å².